The molecular formula is C11H18O3. The average molecular weight is 198 g/mol. The van der Waals surface area contributed by atoms with Crippen molar-refractivity contribution in [2.45, 2.75) is 33.0 Å². The largest absolute Gasteiger partial charge is 0.457 e. The van der Waals surface area contributed by atoms with Crippen LogP contribution in [0.4, 0.5) is 0 Å². The molecule has 0 saturated carbocycles. The second-order valence-corrected chi connectivity index (χ2v) is 4.05. The molecule has 0 amide bonds. The van der Waals surface area contributed by atoms with Crippen LogP contribution in [0.15, 0.2) is 12.2 Å². The average Bonchev–Trinajstić information content (AvgIpc) is 2.12. The molecule has 0 bridgehead atoms. The van der Waals surface area contributed by atoms with Gasteiger partial charge in [-0.1, -0.05) is 13.5 Å². The first-order valence-electron chi connectivity index (χ1n) is 4.87. The van der Waals surface area contributed by atoms with Gasteiger partial charge >= 0.3 is 5.97 Å². The molecule has 0 N–H and O–H groups in total. The number of hydrogen-bond donors (Lipinski definition) is 0. The van der Waals surface area contributed by atoms with E-state index in [-0.39, 0.29) is 30.0 Å². The van der Waals surface area contributed by atoms with Crippen molar-refractivity contribution in [2.75, 3.05) is 7.11 Å². The number of cyclic esters (lactones) is 1. The van der Waals surface area contributed by atoms with E-state index in [0.717, 1.165) is 5.57 Å². The molecule has 1 fully saturated rings. The van der Waals surface area contributed by atoms with Gasteiger partial charge in [0.1, 0.15) is 6.10 Å². The normalized spacial score (nSPS) is 37.9. The first-order chi connectivity index (χ1) is 6.49. The van der Waals surface area contributed by atoms with Crippen molar-refractivity contribution in [1.82, 2.24) is 0 Å². The minimum Gasteiger partial charge on any atom is -0.457 e. The molecule has 0 aromatic rings. The standard InChI is InChI=1S/C11H18O3/c1-6(2)9-7(3)10(13-5)8(4)11(12)14-9/h7-10H,1H2,2-5H3/t7-,8+,9+,10-/m0/s1. The molecule has 1 saturated heterocycles. The fraction of sp³-hybridized carbons (Fsp3) is 0.727. The van der Waals surface area contributed by atoms with E-state index in [0.29, 0.717) is 0 Å². The lowest BCUT2D eigenvalue weighted by Gasteiger charge is -2.38. The van der Waals surface area contributed by atoms with Gasteiger partial charge in [-0.3, -0.25) is 4.79 Å². The van der Waals surface area contributed by atoms with E-state index >= 15 is 0 Å². The van der Waals surface area contributed by atoms with E-state index in [1.165, 1.54) is 0 Å². The molecule has 1 rings (SSSR count). The van der Waals surface area contributed by atoms with Crippen LogP contribution >= 0.6 is 0 Å². The summed E-state index contributed by atoms with van der Waals surface area (Å²) in [5.41, 5.74) is 0.875. The number of carbonyl (C=O) groups is 1. The summed E-state index contributed by atoms with van der Waals surface area (Å²) in [6, 6.07) is 0. The molecular weight excluding hydrogens is 180 g/mol. The number of ether oxygens (including phenoxy) is 2. The van der Waals surface area contributed by atoms with Crippen molar-refractivity contribution in [3.05, 3.63) is 12.2 Å². The lowest BCUT2D eigenvalue weighted by Crippen LogP contribution is -2.47. The quantitative estimate of drug-likeness (QED) is 0.501. The van der Waals surface area contributed by atoms with Gasteiger partial charge in [-0.15, -0.1) is 0 Å². The number of rotatable bonds is 2. The highest BCUT2D eigenvalue weighted by Gasteiger charge is 2.41. The summed E-state index contributed by atoms with van der Waals surface area (Å²) < 4.78 is 10.6. The highest BCUT2D eigenvalue weighted by atomic mass is 16.6. The van der Waals surface area contributed by atoms with Crippen molar-refractivity contribution >= 4 is 5.97 Å². The van der Waals surface area contributed by atoms with E-state index < -0.39 is 0 Å². The molecule has 3 heteroatoms. The van der Waals surface area contributed by atoms with Gasteiger partial charge in [0.2, 0.25) is 0 Å². The van der Waals surface area contributed by atoms with Crippen LogP contribution in [0.3, 0.4) is 0 Å². The Bertz CT molecular complexity index is 247. The highest BCUT2D eigenvalue weighted by molar-refractivity contribution is 5.74. The zero-order valence-corrected chi connectivity index (χ0v) is 9.24. The van der Waals surface area contributed by atoms with Gasteiger partial charge in [0.25, 0.3) is 0 Å². The van der Waals surface area contributed by atoms with Crippen LogP contribution in [0.5, 0.6) is 0 Å². The fourth-order valence-corrected chi connectivity index (χ4v) is 2.07. The predicted octanol–water partition coefficient (Wildman–Crippen LogP) is 1.78. The Morgan fingerprint density at radius 3 is 2.50 bits per heavy atom. The van der Waals surface area contributed by atoms with Crippen LogP contribution in [0, 0.1) is 11.8 Å². The molecule has 1 aliphatic heterocycles. The Labute approximate surface area is 85.1 Å². The van der Waals surface area contributed by atoms with Crippen LogP contribution in [0.2, 0.25) is 0 Å². The highest BCUT2D eigenvalue weighted by Crippen LogP contribution is 2.31. The third-order valence-electron chi connectivity index (χ3n) is 2.86. The Morgan fingerprint density at radius 1 is 1.50 bits per heavy atom. The number of methoxy groups -OCH3 is 1. The topological polar surface area (TPSA) is 35.5 Å². The van der Waals surface area contributed by atoms with E-state index in [1.807, 2.05) is 20.8 Å². The molecule has 0 unspecified atom stereocenters. The summed E-state index contributed by atoms with van der Waals surface area (Å²) in [6.45, 7) is 9.56. The fourth-order valence-electron chi connectivity index (χ4n) is 2.07. The maximum atomic E-state index is 11.5. The van der Waals surface area contributed by atoms with Gasteiger partial charge in [0, 0.05) is 13.0 Å². The smallest absolute Gasteiger partial charge is 0.311 e. The molecule has 0 aromatic heterocycles. The molecule has 14 heavy (non-hydrogen) atoms. The molecule has 3 nitrogen and oxygen atoms in total. The minimum absolute atomic E-state index is 0.0713. The summed E-state index contributed by atoms with van der Waals surface area (Å²) in [7, 11) is 1.63. The van der Waals surface area contributed by atoms with Crippen LogP contribution in [-0.2, 0) is 14.3 Å². The SMILES string of the molecule is C=C(C)[C@H]1OC(=O)[C@H](C)[C@@H](OC)[C@H]1C. The molecule has 0 radical (unpaired) electrons. The first kappa shape index (κ1) is 11.2. The van der Waals surface area contributed by atoms with E-state index in [4.69, 9.17) is 9.47 Å². The molecule has 1 heterocycles. The first-order valence-corrected chi connectivity index (χ1v) is 4.87. The Kier molecular flexibility index (Phi) is 3.32. The van der Waals surface area contributed by atoms with Crippen molar-refractivity contribution in [2.24, 2.45) is 11.8 Å². The third kappa shape index (κ3) is 1.82. The van der Waals surface area contributed by atoms with Gasteiger partial charge in [0.05, 0.1) is 12.0 Å². The molecule has 0 aromatic carbocycles. The lowest BCUT2D eigenvalue weighted by molar-refractivity contribution is -0.176. The summed E-state index contributed by atoms with van der Waals surface area (Å²) >= 11 is 0. The van der Waals surface area contributed by atoms with Gasteiger partial charge in [-0.25, -0.2) is 0 Å². The number of esters is 1. The second kappa shape index (κ2) is 4.13. The Hall–Kier alpha value is -0.830. The second-order valence-electron chi connectivity index (χ2n) is 4.05. The predicted molar refractivity (Wildman–Crippen MR) is 53.8 cm³/mol. The zero-order valence-electron chi connectivity index (χ0n) is 9.24. The molecule has 1 aliphatic rings. The van der Waals surface area contributed by atoms with Crippen LogP contribution in [-0.4, -0.2) is 25.3 Å². The van der Waals surface area contributed by atoms with Gasteiger partial charge in [-0.05, 0) is 19.4 Å². The van der Waals surface area contributed by atoms with E-state index in [9.17, 15) is 4.79 Å². The van der Waals surface area contributed by atoms with Crippen LogP contribution in [0.25, 0.3) is 0 Å². The maximum Gasteiger partial charge on any atom is 0.311 e. The monoisotopic (exact) mass is 198 g/mol. The Morgan fingerprint density at radius 2 is 2.07 bits per heavy atom. The van der Waals surface area contributed by atoms with Crippen molar-refractivity contribution in [3.63, 3.8) is 0 Å². The van der Waals surface area contributed by atoms with Crippen molar-refractivity contribution in [1.29, 1.82) is 0 Å². The van der Waals surface area contributed by atoms with Crippen LogP contribution in [0.1, 0.15) is 20.8 Å². The number of hydrogen-bond acceptors (Lipinski definition) is 3. The van der Waals surface area contributed by atoms with Crippen LogP contribution < -0.4 is 0 Å². The third-order valence-corrected chi connectivity index (χ3v) is 2.86. The lowest BCUT2D eigenvalue weighted by atomic mass is 9.84. The minimum atomic E-state index is -0.205. The summed E-state index contributed by atoms with van der Waals surface area (Å²) in [6.07, 6.45) is -0.276. The maximum absolute atomic E-state index is 11.5. The van der Waals surface area contributed by atoms with Gasteiger partial charge in [0.15, 0.2) is 0 Å². The molecule has 0 spiro atoms. The Balaban J connectivity index is 2.86. The van der Waals surface area contributed by atoms with Gasteiger partial charge < -0.3 is 9.47 Å². The molecule has 4 atom stereocenters. The summed E-state index contributed by atoms with van der Waals surface area (Å²) in [5.74, 6) is -0.209. The van der Waals surface area contributed by atoms with E-state index in [2.05, 4.69) is 6.58 Å². The molecule has 80 valence electrons. The van der Waals surface area contributed by atoms with Crippen molar-refractivity contribution in [3.8, 4) is 0 Å². The summed E-state index contributed by atoms with van der Waals surface area (Å²) in [4.78, 5) is 11.5. The number of carbonyl (C=O) groups excluding carboxylic acids is 1. The van der Waals surface area contributed by atoms with Gasteiger partial charge in [-0.2, -0.15) is 0 Å². The zero-order chi connectivity index (χ0) is 10.9. The summed E-state index contributed by atoms with van der Waals surface area (Å²) in [5, 5.41) is 0. The molecule has 0 aliphatic carbocycles. The van der Waals surface area contributed by atoms with E-state index in [1.54, 1.807) is 7.11 Å². The van der Waals surface area contributed by atoms with Crippen molar-refractivity contribution < 1.29 is 14.3 Å².